The van der Waals surface area contributed by atoms with Crippen molar-refractivity contribution in [1.82, 2.24) is 9.99 Å². The van der Waals surface area contributed by atoms with Crippen molar-refractivity contribution in [3.8, 4) is 0 Å². The Bertz CT molecular complexity index is 865. The first-order valence-electron chi connectivity index (χ1n) is 6.22. The van der Waals surface area contributed by atoms with Crippen molar-refractivity contribution in [1.29, 1.82) is 0 Å². The first kappa shape index (κ1) is 13.3. The lowest BCUT2D eigenvalue weighted by Gasteiger charge is -1.99. The quantitative estimate of drug-likeness (QED) is 0.437. The first-order chi connectivity index (χ1) is 10.1. The molecule has 1 N–H and O–H groups in total. The Hall–Kier alpha value is -2.67. The Morgan fingerprint density at radius 1 is 1.29 bits per heavy atom. The van der Waals surface area contributed by atoms with E-state index in [0.717, 1.165) is 10.2 Å². The van der Waals surface area contributed by atoms with Crippen LogP contribution in [-0.4, -0.2) is 10.5 Å². The van der Waals surface area contributed by atoms with Gasteiger partial charge in [0, 0.05) is 19.2 Å². The fourth-order valence-electron chi connectivity index (χ4n) is 1.92. The number of fused-ring (bicyclic) bond motifs is 1. The van der Waals surface area contributed by atoms with Gasteiger partial charge in [0.15, 0.2) is 12.4 Å². The van der Waals surface area contributed by atoms with Crippen molar-refractivity contribution >= 4 is 27.5 Å². The molecule has 7 heteroatoms. The van der Waals surface area contributed by atoms with Gasteiger partial charge in [0.2, 0.25) is 4.80 Å². The molecule has 0 spiro atoms. The van der Waals surface area contributed by atoms with E-state index < -0.39 is 0 Å². The number of carbonyl (C=O) groups excluding carboxylic acids is 1. The molecule has 21 heavy (non-hydrogen) atoms. The van der Waals surface area contributed by atoms with Crippen LogP contribution in [-0.2, 0) is 7.05 Å². The van der Waals surface area contributed by atoms with Gasteiger partial charge < -0.3 is 9.77 Å². The number of rotatable bonds is 2. The number of hydrogen-bond acceptors (Lipinski definition) is 4. The lowest BCUT2D eigenvalue weighted by atomic mass is 10.3. The highest BCUT2D eigenvalue weighted by molar-refractivity contribution is 7.16. The van der Waals surface area contributed by atoms with Crippen LogP contribution in [0.5, 0.6) is 0 Å². The predicted molar refractivity (Wildman–Crippen MR) is 79.2 cm³/mol. The molecular weight excluding hydrogens is 288 g/mol. The molecule has 1 aromatic carbocycles. The highest BCUT2D eigenvalue weighted by Gasteiger charge is 2.06. The molecule has 0 aliphatic carbocycles. The first-order valence-corrected chi connectivity index (χ1v) is 7.04. The molecule has 0 aliphatic heterocycles. The van der Waals surface area contributed by atoms with E-state index in [4.69, 9.17) is 0 Å². The van der Waals surface area contributed by atoms with Crippen molar-refractivity contribution in [2.45, 2.75) is 0 Å². The third-order valence-corrected chi connectivity index (χ3v) is 4.14. The van der Waals surface area contributed by atoms with Crippen molar-refractivity contribution < 1.29 is 9.52 Å². The fourth-order valence-corrected chi connectivity index (χ4v) is 2.89. The Kier molecular flexibility index (Phi) is 3.41. The Morgan fingerprint density at radius 3 is 2.71 bits per heavy atom. The molecule has 0 bridgehead atoms. The molecule has 3 aromatic rings. The lowest BCUT2D eigenvalue weighted by Crippen LogP contribution is -2.27. The molecule has 2 aromatic heterocycles. The molecule has 2 heterocycles. The number of amides is 1. The number of para-hydroxylation sites is 1. The second-order valence-electron chi connectivity index (χ2n) is 4.41. The van der Waals surface area contributed by atoms with E-state index in [1.807, 2.05) is 35.9 Å². The SMILES string of the molecule is Cn1/c(=N/NC(=O)c2cc[n+]([O-])cc2)sc2ccccc21. The van der Waals surface area contributed by atoms with Gasteiger partial charge >= 0.3 is 0 Å². The van der Waals surface area contributed by atoms with Gasteiger partial charge in [0.1, 0.15) is 0 Å². The average Bonchev–Trinajstić information content (AvgIpc) is 2.82. The smallest absolute Gasteiger partial charge is 0.271 e. The topological polar surface area (TPSA) is 73.3 Å². The third kappa shape index (κ3) is 2.63. The maximum absolute atomic E-state index is 11.9. The summed E-state index contributed by atoms with van der Waals surface area (Å²) in [6, 6.07) is 10.8. The van der Waals surface area contributed by atoms with Crippen LogP contribution < -0.4 is 15.0 Å². The van der Waals surface area contributed by atoms with Crippen LogP contribution >= 0.6 is 11.3 Å². The van der Waals surface area contributed by atoms with Crippen LogP contribution in [0.3, 0.4) is 0 Å². The number of aryl methyl sites for hydroxylation is 1. The minimum Gasteiger partial charge on any atom is -0.619 e. The zero-order valence-electron chi connectivity index (χ0n) is 11.2. The number of nitrogens with zero attached hydrogens (tertiary/aromatic N) is 3. The molecule has 3 rings (SSSR count). The fraction of sp³-hybridized carbons (Fsp3) is 0.0714. The number of pyridine rings is 1. The summed E-state index contributed by atoms with van der Waals surface area (Å²) in [6.07, 6.45) is 2.54. The summed E-state index contributed by atoms with van der Waals surface area (Å²) in [5.41, 5.74) is 3.94. The Balaban J connectivity index is 1.89. The maximum Gasteiger partial charge on any atom is 0.271 e. The Morgan fingerprint density at radius 2 is 2.00 bits per heavy atom. The normalized spacial score (nSPS) is 11.8. The van der Waals surface area contributed by atoms with Crippen molar-refractivity contribution in [2.24, 2.45) is 12.1 Å². The van der Waals surface area contributed by atoms with E-state index in [-0.39, 0.29) is 5.91 Å². The summed E-state index contributed by atoms with van der Waals surface area (Å²) in [6.45, 7) is 0. The predicted octanol–water partition coefficient (Wildman–Crippen LogP) is 1.12. The van der Waals surface area contributed by atoms with E-state index in [0.29, 0.717) is 15.1 Å². The van der Waals surface area contributed by atoms with E-state index >= 15 is 0 Å². The number of nitrogens with one attached hydrogen (secondary N) is 1. The van der Waals surface area contributed by atoms with Crippen LogP contribution in [0.15, 0.2) is 53.9 Å². The summed E-state index contributed by atoms with van der Waals surface area (Å²) in [5, 5.41) is 15.1. The van der Waals surface area contributed by atoms with Crippen LogP contribution in [0.25, 0.3) is 10.2 Å². The summed E-state index contributed by atoms with van der Waals surface area (Å²) in [4.78, 5) is 12.6. The summed E-state index contributed by atoms with van der Waals surface area (Å²) in [7, 11) is 1.90. The minimum absolute atomic E-state index is 0.354. The van der Waals surface area contributed by atoms with Gasteiger partial charge in [-0.25, -0.2) is 5.43 Å². The standard InChI is InChI=1S/C14H12N4O2S/c1-17-11-4-2-3-5-12(11)21-14(17)16-15-13(19)10-6-8-18(20)9-7-10/h2-9H,1H3,(H,15,19)/b16-14-. The van der Waals surface area contributed by atoms with Gasteiger partial charge in [-0.3, -0.25) is 4.79 Å². The van der Waals surface area contributed by atoms with E-state index in [9.17, 15) is 10.0 Å². The number of hydrogen-bond donors (Lipinski definition) is 1. The monoisotopic (exact) mass is 300 g/mol. The minimum atomic E-state index is -0.354. The third-order valence-electron chi connectivity index (χ3n) is 3.03. The molecule has 106 valence electrons. The zero-order chi connectivity index (χ0) is 14.8. The molecule has 0 aliphatic rings. The van der Waals surface area contributed by atoms with Crippen molar-refractivity contribution in [3.05, 3.63) is 64.4 Å². The molecule has 0 fully saturated rings. The van der Waals surface area contributed by atoms with Gasteiger partial charge in [0.25, 0.3) is 5.91 Å². The zero-order valence-corrected chi connectivity index (χ0v) is 12.0. The summed E-state index contributed by atoms with van der Waals surface area (Å²) >= 11 is 1.49. The molecule has 0 unspecified atom stereocenters. The number of benzene rings is 1. The maximum atomic E-state index is 11.9. The molecular formula is C14H12N4O2S. The number of aromatic nitrogens is 2. The molecule has 0 saturated heterocycles. The van der Waals surface area contributed by atoms with Gasteiger partial charge in [-0.1, -0.05) is 23.5 Å². The van der Waals surface area contributed by atoms with Crippen molar-refractivity contribution in [2.75, 3.05) is 0 Å². The molecule has 0 radical (unpaired) electrons. The lowest BCUT2D eigenvalue weighted by molar-refractivity contribution is -0.605. The second kappa shape index (κ2) is 5.37. The van der Waals surface area contributed by atoms with E-state index in [1.165, 1.54) is 35.9 Å². The summed E-state index contributed by atoms with van der Waals surface area (Å²) < 4.78 is 3.64. The van der Waals surface area contributed by atoms with Crippen LogP contribution in [0.2, 0.25) is 0 Å². The largest absolute Gasteiger partial charge is 0.619 e. The Labute approximate surface area is 124 Å². The van der Waals surface area contributed by atoms with Crippen molar-refractivity contribution in [3.63, 3.8) is 0 Å². The van der Waals surface area contributed by atoms with E-state index in [1.54, 1.807) is 0 Å². The second-order valence-corrected chi connectivity index (χ2v) is 5.42. The van der Waals surface area contributed by atoms with Gasteiger partial charge in [0.05, 0.1) is 15.8 Å². The molecule has 6 nitrogen and oxygen atoms in total. The summed E-state index contributed by atoms with van der Waals surface area (Å²) in [5.74, 6) is -0.354. The molecule has 1 amide bonds. The van der Waals surface area contributed by atoms with Gasteiger partial charge in [-0.2, -0.15) is 4.73 Å². The molecule has 0 atom stereocenters. The highest BCUT2D eigenvalue weighted by Crippen LogP contribution is 2.14. The van der Waals surface area contributed by atoms with Crippen LogP contribution in [0, 0.1) is 5.21 Å². The van der Waals surface area contributed by atoms with E-state index in [2.05, 4.69) is 10.5 Å². The van der Waals surface area contributed by atoms with Crippen LogP contribution in [0.4, 0.5) is 0 Å². The average molecular weight is 300 g/mol. The molecule has 0 saturated carbocycles. The van der Waals surface area contributed by atoms with Gasteiger partial charge in [-0.15, -0.1) is 5.10 Å². The highest BCUT2D eigenvalue weighted by atomic mass is 32.1. The number of thiazole rings is 1. The number of carbonyl (C=O) groups is 1. The van der Waals surface area contributed by atoms with Gasteiger partial charge in [-0.05, 0) is 12.1 Å². The van der Waals surface area contributed by atoms with Crippen LogP contribution in [0.1, 0.15) is 10.4 Å².